The molecule has 0 fully saturated rings. The summed E-state index contributed by atoms with van der Waals surface area (Å²) in [5.74, 6) is -1.10. The molecule has 0 radical (unpaired) electrons. The van der Waals surface area contributed by atoms with Crippen molar-refractivity contribution in [2.75, 3.05) is 19.3 Å². The van der Waals surface area contributed by atoms with E-state index in [0.29, 0.717) is 18.1 Å². The molecule has 0 amide bonds. The second-order valence-electron chi connectivity index (χ2n) is 4.95. The number of nitrogen functional groups attached to an aromatic ring is 1. The molecule has 2 N–H and O–H groups in total. The lowest BCUT2D eigenvalue weighted by molar-refractivity contribution is 0.264. The molecule has 1 heterocycles. The summed E-state index contributed by atoms with van der Waals surface area (Å²) in [7, 11) is 1.99. The van der Waals surface area contributed by atoms with E-state index < -0.39 is 11.6 Å². The van der Waals surface area contributed by atoms with E-state index in [9.17, 15) is 8.78 Å². The van der Waals surface area contributed by atoms with Gasteiger partial charge >= 0.3 is 0 Å². The van der Waals surface area contributed by atoms with E-state index in [1.54, 1.807) is 4.57 Å². The zero-order valence-electron chi connectivity index (χ0n) is 11.3. The fourth-order valence-electron chi connectivity index (χ4n) is 1.92. The zero-order valence-corrected chi connectivity index (χ0v) is 11.3. The van der Waals surface area contributed by atoms with Gasteiger partial charge in [0.2, 0.25) is 5.95 Å². The Morgan fingerprint density at radius 2 is 2.05 bits per heavy atom. The van der Waals surface area contributed by atoms with Crippen LogP contribution in [-0.2, 0) is 6.54 Å². The summed E-state index contributed by atoms with van der Waals surface area (Å²) < 4.78 is 28.5. The van der Waals surface area contributed by atoms with Crippen LogP contribution in [0.3, 0.4) is 0 Å². The minimum absolute atomic E-state index is 0.117. The van der Waals surface area contributed by atoms with Gasteiger partial charge in [0, 0.05) is 31.3 Å². The lowest BCUT2D eigenvalue weighted by Crippen LogP contribution is -2.30. The molecule has 0 aliphatic carbocycles. The number of imidazole rings is 1. The van der Waals surface area contributed by atoms with Crippen LogP contribution in [0.1, 0.15) is 13.8 Å². The standard InChI is InChI=1S/C13H18F2N4/c1-8(2)18(3)4-5-19-11-7-9(14)6-10(15)12(11)17-13(19)16/h6-8H,4-5H2,1-3H3,(H2,16,17). The summed E-state index contributed by atoms with van der Waals surface area (Å²) in [4.78, 5) is 6.08. The maximum Gasteiger partial charge on any atom is 0.201 e. The van der Waals surface area contributed by atoms with E-state index in [2.05, 4.69) is 23.7 Å². The van der Waals surface area contributed by atoms with E-state index >= 15 is 0 Å². The Balaban J connectivity index is 2.35. The summed E-state index contributed by atoms with van der Waals surface area (Å²) >= 11 is 0. The van der Waals surface area contributed by atoms with Gasteiger partial charge < -0.3 is 15.2 Å². The quantitative estimate of drug-likeness (QED) is 0.925. The SMILES string of the molecule is CC(C)N(C)CCn1c(N)nc2c(F)cc(F)cc21. The highest BCUT2D eigenvalue weighted by Crippen LogP contribution is 2.22. The van der Waals surface area contributed by atoms with Crippen LogP contribution in [0.15, 0.2) is 12.1 Å². The summed E-state index contributed by atoms with van der Waals surface area (Å²) in [6.45, 7) is 5.43. The van der Waals surface area contributed by atoms with Crippen LogP contribution in [0.4, 0.5) is 14.7 Å². The minimum Gasteiger partial charge on any atom is -0.369 e. The number of halogens is 2. The van der Waals surface area contributed by atoms with Crippen LogP contribution in [0, 0.1) is 11.6 Å². The highest BCUT2D eigenvalue weighted by atomic mass is 19.1. The third kappa shape index (κ3) is 2.68. The first-order valence-corrected chi connectivity index (χ1v) is 6.21. The van der Waals surface area contributed by atoms with Gasteiger partial charge in [0.05, 0.1) is 5.52 Å². The Morgan fingerprint density at radius 3 is 2.68 bits per heavy atom. The Bertz CT molecular complexity index is 592. The topological polar surface area (TPSA) is 47.1 Å². The first kappa shape index (κ1) is 13.7. The average molecular weight is 268 g/mol. The van der Waals surface area contributed by atoms with Gasteiger partial charge in [-0.1, -0.05) is 0 Å². The number of nitrogens with two attached hydrogens (primary N) is 1. The fourth-order valence-corrected chi connectivity index (χ4v) is 1.92. The van der Waals surface area contributed by atoms with Crippen molar-refractivity contribution >= 4 is 17.0 Å². The van der Waals surface area contributed by atoms with Crippen LogP contribution < -0.4 is 5.73 Å². The van der Waals surface area contributed by atoms with Crippen molar-refractivity contribution in [3.05, 3.63) is 23.8 Å². The first-order chi connectivity index (χ1) is 8.90. The highest BCUT2D eigenvalue weighted by Gasteiger charge is 2.14. The molecule has 19 heavy (non-hydrogen) atoms. The van der Waals surface area contributed by atoms with Gasteiger partial charge in [-0.2, -0.15) is 0 Å². The lowest BCUT2D eigenvalue weighted by atomic mass is 10.3. The van der Waals surface area contributed by atoms with E-state index in [1.807, 2.05) is 7.05 Å². The molecule has 0 bridgehead atoms. The molecule has 6 heteroatoms. The van der Waals surface area contributed by atoms with Gasteiger partial charge in [-0.3, -0.25) is 0 Å². The molecule has 104 valence electrons. The molecule has 0 unspecified atom stereocenters. The molecule has 2 rings (SSSR count). The predicted octanol–water partition coefficient (Wildman–Crippen LogP) is 2.24. The Labute approximate surface area is 110 Å². The van der Waals surface area contributed by atoms with Gasteiger partial charge in [0.15, 0.2) is 5.82 Å². The molecule has 1 aromatic carbocycles. The number of aromatic nitrogens is 2. The van der Waals surface area contributed by atoms with Crippen molar-refractivity contribution in [1.29, 1.82) is 0 Å². The minimum atomic E-state index is -0.683. The summed E-state index contributed by atoms with van der Waals surface area (Å²) in [5, 5.41) is 0. The maximum atomic E-state index is 13.6. The van der Waals surface area contributed by atoms with Crippen LogP contribution in [-0.4, -0.2) is 34.1 Å². The fraction of sp³-hybridized carbons (Fsp3) is 0.462. The number of likely N-dealkylation sites (N-methyl/N-ethyl adjacent to an activating group) is 1. The van der Waals surface area contributed by atoms with Crippen molar-refractivity contribution in [3.8, 4) is 0 Å². The van der Waals surface area contributed by atoms with Crippen molar-refractivity contribution in [3.63, 3.8) is 0 Å². The number of hydrogen-bond donors (Lipinski definition) is 1. The molecule has 0 saturated heterocycles. The van der Waals surface area contributed by atoms with Gasteiger partial charge in [-0.25, -0.2) is 13.8 Å². The molecule has 0 aliphatic rings. The number of fused-ring (bicyclic) bond motifs is 1. The smallest absolute Gasteiger partial charge is 0.201 e. The second-order valence-corrected chi connectivity index (χ2v) is 4.95. The van der Waals surface area contributed by atoms with Crippen LogP contribution in [0.25, 0.3) is 11.0 Å². The Morgan fingerprint density at radius 1 is 1.37 bits per heavy atom. The Hall–Kier alpha value is -1.69. The molecule has 0 spiro atoms. The predicted molar refractivity (Wildman–Crippen MR) is 71.8 cm³/mol. The lowest BCUT2D eigenvalue weighted by Gasteiger charge is -2.21. The van der Waals surface area contributed by atoms with E-state index in [0.717, 1.165) is 12.6 Å². The largest absolute Gasteiger partial charge is 0.369 e. The molecule has 4 nitrogen and oxygen atoms in total. The van der Waals surface area contributed by atoms with E-state index in [-0.39, 0.29) is 11.5 Å². The van der Waals surface area contributed by atoms with Crippen molar-refractivity contribution in [1.82, 2.24) is 14.5 Å². The van der Waals surface area contributed by atoms with Crippen molar-refractivity contribution in [2.24, 2.45) is 0 Å². The molecule has 1 aromatic heterocycles. The number of hydrogen-bond acceptors (Lipinski definition) is 3. The molecule has 2 aromatic rings. The third-order valence-electron chi connectivity index (χ3n) is 3.36. The monoisotopic (exact) mass is 268 g/mol. The number of anilines is 1. The molecule has 0 saturated carbocycles. The molecule has 0 aliphatic heterocycles. The number of rotatable bonds is 4. The average Bonchev–Trinajstić information content (AvgIpc) is 2.63. The van der Waals surface area contributed by atoms with Gasteiger partial charge in [-0.15, -0.1) is 0 Å². The van der Waals surface area contributed by atoms with Gasteiger partial charge in [0.25, 0.3) is 0 Å². The molecular formula is C13H18F2N4. The Kier molecular flexibility index (Phi) is 3.71. The van der Waals surface area contributed by atoms with Crippen molar-refractivity contribution < 1.29 is 8.78 Å². The number of nitrogens with zero attached hydrogens (tertiary/aromatic N) is 3. The second kappa shape index (κ2) is 5.13. The highest BCUT2D eigenvalue weighted by molar-refractivity contribution is 5.79. The molecule has 0 atom stereocenters. The molecular weight excluding hydrogens is 250 g/mol. The zero-order chi connectivity index (χ0) is 14.2. The third-order valence-corrected chi connectivity index (χ3v) is 3.36. The van der Waals surface area contributed by atoms with Crippen LogP contribution in [0.5, 0.6) is 0 Å². The van der Waals surface area contributed by atoms with E-state index in [1.165, 1.54) is 6.07 Å². The summed E-state index contributed by atoms with van der Waals surface area (Å²) in [6.07, 6.45) is 0. The maximum absolute atomic E-state index is 13.6. The van der Waals surface area contributed by atoms with Crippen LogP contribution in [0.2, 0.25) is 0 Å². The number of benzene rings is 1. The summed E-state index contributed by atoms with van der Waals surface area (Å²) in [6, 6.07) is 2.47. The van der Waals surface area contributed by atoms with E-state index in [4.69, 9.17) is 5.73 Å². The van der Waals surface area contributed by atoms with Gasteiger partial charge in [0.1, 0.15) is 11.3 Å². The first-order valence-electron chi connectivity index (χ1n) is 6.21. The van der Waals surface area contributed by atoms with Crippen LogP contribution >= 0.6 is 0 Å². The van der Waals surface area contributed by atoms with Crippen molar-refractivity contribution in [2.45, 2.75) is 26.4 Å². The van der Waals surface area contributed by atoms with Gasteiger partial charge in [-0.05, 0) is 20.9 Å². The normalized spacial score (nSPS) is 11.9. The summed E-state index contributed by atoms with van der Waals surface area (Å²) in [5.41, 5.74) is 6.29.